The van der Waals surface area contributed by atoms with Crippen molar-refractivity contribution in [3.05, 3.63) is 29.8 Å². The number of fused-ring (bicyclic) bond motifs is 1. The Hall–Kier alpha value is -1.89. The minimum absolute atomic E-state index is 0.0391. The third kappa shape index (κ3) is 3.56. The van der Waals surface area contributed by atoms with Crippen molar-refractivity contribution >= 4 is 5.96 Å². The third-order valence-corrected chi connectivity index (χ3v) is 5.16. The summed E-state index contributed by atoms with van der Waals surface area (Å²) < 4.78 is 37.5. The SMILES string of the molecule is CN=C(NCCOc1ccc(F)cc1F)NC1C2CCOC2C1(C)C. The van der Waals surface area contributed by atoms with Gasteiger partial charge in [-0.05, 0) is 18.6 Å². The van der Waals surface area contributed by atoms with Crippen molar-refractivity contribution in [1.82, 2.24) is 10.6 Å². The lowest BCUT2D eigenvalue weighted by Crippen LogP contribution is -2.68. The second kappa shape index (κ2) is 7.15. The number of hydrogen-bond donors (Lipinski definition) is 2. The van der Waals surface area contributed by atoms with E-state index in [0.717, 1.165) is 19.1 Å². The smallest absolute Gasteiger partial charge is 0.191 e. The molecule has 1 aliphatic carbocycles. The number of nitrogens with zero attached hydrogens (tertiary/aromatic N) is 1. The van der Waals surface area contributed by atoms with Gasteiger partial charge in [0.15, 0.2) is 17.5 Å². The molecule has 0 bridgehead atoms. The summed E-state index contributed by atoms with van der Waals surface area (Å²) in [5, 5.41) is 6.63. The van der Waals surface area contributed by atoms with E-state index in [0.29, 0.717) is 30.6 Å². The van der Waals surface area contributed by atoms with E-state index in [1.165, 1.54) is 12.1 Å². The quantitative estimate of drug-likeness (QED) is 0.485. The average Bonchev–Trinajstić information content (AvgIpc) is 3.03. The molecule has 25 heavy (non-hydrogen) atoms. The van der Waals surface area contributed by atoms with Crippen LogP contribution in [0.5, 0.6) is 5.75 Å². The van der Waals surface area contributed by atoms with Crippen molar-refractivity contribution in [1.29, 1.82) is 0 Å². The molecule has 3 rings (SSSR count). The Bertz CT molecular complexity index is 651. The molecule has 0 radical (unpaired) electrons. The van der Waals surface area contributed by atoms with E-state index in [4.69, 9.17) is 9.47 Å². The van der Waals surface area contributed by atoms with Gasteiger partial charge in [0.1, 0.15) is 12.4 Å². The van der Waals surface area contributed by atoms with Crippen molar-refractivity contribution in [2.45, 2.75) is 32.4 Å². The Morgan fingerprint density at radius 1 is 1.40 bits per heavy atom. The van der Waals surface area contributed by atoms with E-state index in [1.807, 2.05) is 0 Å². The Morgan fingerprint density at radius 3 is 2.92 bits per heavy atom. The molecule has 0 spiro atoms. The highest BCUT2D eigenvalue weighted by Gasteiger charge is 2.59. The van der Waals surface area contributed by atoms with Crippen LogP contribution in [-0.4, -0.2) is 44.9 Å². The molecule has 1 aliphatic heterocycles. The number of hydrogen-bond acceptors (Lipinski definition) is 3. The lowest BCUT2D eigenvalue weighted by atomic mass is 9.57. The molecule has 2 fully saturated rings. The van der Waals surface area contributed by atoms with Crippen molar-refractivity contribution in [2.75, 3.05) is 26.8 Å². The maximum atomic E-state index is 13.5. The summed E-state index contributed by atoms with van der Waals surface area (Å²) in [5.41, 5.74) is 0.0620. The first-order chi connectivity index (χ1) is 11.9. The van der Waals surface area contributed by atoms with Gasteiger partial charge in [-0.15, -0.1) is 0 Å². The van der Waals surface area contributed by atoms with Crippen molar-refractivity contribution in [2.24, 2.45) is 16.3 Å². The molecular weight excluding hydrogens is 328 g/mol. The van der Waals surface area contributed by atoms with E-state index in [9.17, 15) is 8.78 Å². The Balaban J connectivity index is 1.45. The van der Waals surface area contributed by atoms with Gasteiger partial charge >= 0.3 is 0 Å². The van der Waals surface area contributed by atoms with Crippen LogP contribution in [0.25, 0.3) is 0 Å². The minimum atomic E-state index is -0.703. The molecule has 7 heteroatoms. The van der Waals surface area contributed by atoms with E-state index >= 15 is 0 Å². The summed E-state index contributed by atoms with van der Waals surface area (Å²) in [6.45, 7) is 5.91. The number of rotatable bonds is 5. The van der Waals surface area contributed by atoms with Gasteiger partial charge in [0, 0.05) is 37.1 Å². The van der Waals surface area contributed by atoms with Crippen molar-refractivity contribution < 1.29 is 18.3 Å². The molecule has 1 aromatic carbocycles. The van der Waals surface area contributed by atoms with Crippen LogP contribution in [0.3, 0.4) is 0 Å². The maximum Gasteiger partial charge on any atom is 0.191 e. The normalized spacial score (nSPS) is 27.4. The summed E-state index contributed by atoms with van der Waals surface area (Å²) in [4.78, 5) is 4.24. The highest BCUT2D eigenvalue weighted by molar-refractivity contribution is 5.80. The van der Waals surface area contributed by atoms with Crippen LogP contribution in [-0.2, 0) is 4.74 Å². The lowest BCUT2D eigenvalue weighted by Gasteiger charge is -2.54. The first-order valence-electron chi connectivity index (χ1n) is 8.60. The molecule has 3 unspecified atom stereocenters. The molecule has 1 saturated heterocycles. The fourth-order valence-corrected chi connectivity index (χ4v) is 3.88. The van der Waals surface area contributed by atoms with Crippen molar-refractivity contribution in [3.63, 3.8) is 0 Å². The van der Waals surface area contributed by atoms with Gasteiger partial charge in [0.25, 0.3) is 0 Å². The molecule has 2 N–H and O–H groups in total. The lowest BCUT2D eigenvalue weighted by molar-refractivity contribution is -0.106. The molecule has 5 nitrogen and oxygen atoms in total. The second-order valence-electron chi connectivity index (χ2n) is 7.11. The van der Waals surface area contributed by atoms with Crippen LogP contribution in [0.15, 0.2) is 23.2 Å². The molecule has 1 heterocycles. The van der Waals surface area contributed by atoms with Crippen LogP contribution >= 0.6 is 0 Å². The predicted molar refractivity (Wildman–Crippen MR) is 91.8 cm³/mol. The molecule has 0 amide bonds. The largest absolute Gasteiger partial charge is 0.489 e. The van der Waals surface area contributed by atoms with Gasteiger partial charge in [-0.1, -0.05) is 13.8 Å². The van der Waals surface area contributed by atoms with Crippen LogP contribution < -0.4 is 15.4 Å². The van der Waals surface area contributed by atoms with Gasteiger partial charge in [-0.25, -0.2) is 8.78 Å². The molecule has 1 aromatic rings. The van der Waals surface area contributed by atoms with Crippen LogP contribution in [0, 0.1) is 23.0 Å². The Kier molecular flexibility index (Phi) is 5.13. The van der Waals surface area contributed by atoms with E-state index < -0.39 is 11.6 Å². The molecular formula is C18H25F2N3O2. The highest BCUT2D eigenvalue weighted by Crippen LogP contribution is 2.52. The van der Waals surface area contributed by atoms with E-state index in [2.05, 4.69) is 29.5 Å². The molecule has 3 atom stereocenters. The van der Waals surface area contributed by atoms with Crippen LogP contribution in [0.4, 0.5) is 8.78 Å². The number of halogens is 2. The summed E-state index contributed by atoms with van der Waals surface area (Å²) in [6.07, 6.45) is 1.38. The fraction of sp³-hybridized carbons (Fsp3) is 0.611. The topological polar surface area (TPSA) is 54.9 Å². The molecule has 2 aliphatic rings. The first-order valence-corrected chi connectivity index (χ1v) is 8.60. The number of nitrogens with one attached hydrogen (secondary N) is 2. The summed E-state index contributed by atoms with van der Waals surface area (Å²) in [6, 6.07) is 3.57. The zero-order chi connectivity index (χ0) is 18.0. The minimum Gasteiger partial charge on any atom is -0.489 e. The van der Waals surface area contributed by atoms with Crippen LogP contribution in [0.2, 0.25) is 0 Å². The third-order valence-electron chi connectivity index (χ3n) is 5.16. The van der Waals surface area contributed by atoms with Gasteiger partial charge in [-0.3, -0.25) is 4.99 Å². The first kappa shape index (κ1) is 17.9. The summed E-state index contributed by atoms with van der Waals surface area (Å²) in [7, 11) is 1.71. The fourth-order valence-electron chi connectivity index (χ4n) is 3.88. The number of benzene rings is 1. The zero-order valence-electron chi connectivity index (χ0n) is 14.8. The van der Waals surface area contributed by atoms with E-state index in [-0.39, 0.29) is 17.8 Å². The number of guanidine groups is 1. The molecule has 0 aromatic heterocycles. The molecule has 138 valence electrons. The second-order valence-corrected chi connectivity index (χ2v) is 7.11. The van der Waals surface area contributed by atoms with Gasteiger partial charge in [0.05, 0.1) is 12.6 Å². The monoisotopic (exact) mass is 353 g/mol. The van der Waals surface area contributed by atoms with Gasteiger partial charge in [-0.2, -0.15) is 0 Å². The average molecular weight is 353 g/mol. The highest BCUT2D eigenvalue weighted by atomic mass is 19.1. The summed E-state index contributed by atoms with van der Waals surface area (Å²) >= 11 is 0. The Morgan fingerprint density at radius 2 is 2.20 bits per heavy atom. The Labute approximate surface area is 146 Å². The molecule has 1 saturated carbocycles. The van der Waals surface area contributed by atoms with Crippen molar-refractivity contribution in [3.8, 4) is 5.75 Å². The standard InChI is InChI=1S/C18H25F2N3O2/c1-18(2)15(12-6-8-25-16(12)18)23-17(21-3)22-7-9-24-14-5-4-11(19)10-13(14)20/h4-5,10,12,15-16H,6-9H2,1-3H3,(H2,21,22,23). The van der Waals surface area contributed by atoms with Crippen LogP contribution in [0.1, 0.15) is 20.3 Å². The maximum absolute atomic E-state index is 13.5. The van der Waals surface area contributed by atoms with Gasteiger partial charge in [0.2, 0.25) is 0 Å². The number of aliphatic imine (C=N–C) groups is 1. The zero-order valence-corrected chi connectivity index (χ0v) is 14.8. The van der Waals surface area contributed by atoms with Gasteiger partial charge < -0.3 is 20.1 Å². The summed E-state index contributed by atoms with van der Waals surface area (Å²) in [5.74, 6) is -0.0854. The van der Waals surface area contributed by atoms with E-state index in [1.54, 1.807) is 7.05 Å². The number of ether oxygens (including phenoxy) is 2. The predicted octanol–water partition coefficient (Wildman–Crippen LogP) is 2.32.